The molecule has 51 heavy (non-hydrogen) atoms. The first-order valence-corrected chi connectivity index (χ1v) is 15.5. The van der Waals surface area contributed by atoms with Gasteiger partial charge >= 0.3 is 23.9 Å². The number of hydrogen-bond donors (Lipinski definition) is 0. The van der Waals surface area contributed by atoms with Gasteiger partial charge in [0.25, 0.3) is 0 Å². The lowest BCUT2D eigenvalue weighted by atomic mass is 10.0. The molecule has 3 rings (SSSR count). The molecule has 0 radical (unpaired) electrons. The van der Waals surface area contributed by atoms with Gasteiger partial charge in [0.1, 0.15) is 23.9 Å². The molecule has 0 aliphatic rings. The first kappa shape index (κ1) is 38.8. The summed E-state index contributed by atoms with van der Waals surface area (Å²) in [6.07, 6.45) is 6.04. The zero-order valence-corrected chi connectivity index (χ0v) is 29.2. The third kappa shape index (κ3) is 11.8. The van der Waals surface area contributed by atoms with Crippen LogP contribution in [-0.2, 0) is 35.3 Å². The van der Waals surface area contributed by atoms with Crippen molar-refractivity contribution in [2.75, 3.05) is 0 Å². The fourth-order valence-electron chi connectivity index (χ4n) is 3.86. The number of rotatable bonds is 13. The van der Waals surface area contributed by atoms with Crippen LogP contribution in [0.25, 0.3) is 12.2 Å². The molecule has 0 atom stereocenters. The minimum Gasteiger partial charge on any atom is -0.496 e. The van der Waals surface area contributed by atoms with E-state index in [9.17, 15) is 19.2 Å². The lowest BCUT2D eigenvalue weighted by Crippen LogP contribution is -2.14. The van der Waals surface area contributed by atoms with Crippen LogP contribution < -0.4 is 14.2 Å². The highest BCUT2D eigenvalue weighted by atomic mass is 16.5. The third-order valence-electron chi connectivity index (χ3n) is 6.76. The number of carbonyl (C=O) groups excluding carboxylic acids is 4. The molecule has 0 N–H and O–H groups in total. The van der Waals surface area contributed by atoms with Crippen LogP contribution in [0.2, 0.25) is 0 Å². The molecule has 0 heterocycles. The van der Waals surface area contributed by atoms with Gasteiger partial charge in [-0.25, -0.2) is 19.2 Å². The molecule has 260 valence electrons. The number of ether oxygens (including phenoxy) is 5. The monoisotopic (exact) mass is 686 g/mol. The quantitative estimate of drug-likeness (QED) is 0.0578. The Morgan fingerprint density at radius 2 is 1.16 bits per heavy atom. The predicted molar refractivity (Wildman–Crippen MR) is 195 cm³/mol. The van der Waals surface area contributed by atoms with Crippen molar-refractivity contribution in [2.24, 2.45) is 0 Å². The molecule has 0 unspecified atom stereocenters. The Morgan fingerprint density at radius 3 is 1.73 bits per heavy atom. The Morgan fingerprint density at radius 1 is 0.647 bits per heavy atom. The van der Waals surface area contributed by atoms with E-state index in [0.29, 0.717) is 22.4 Å². The summed E-state index contributed by atoms with van der Waals surface area (Å²) in [5, 5.41) is 0. The number of esters is 4. The number of carbonyl (C=O) groups is 4. The average molecular weight is 687 g/mol. The van der Waals surface area contributed by atoms with Crippen LogP contribution in [-0.4, -0.2) is 23.9 Å². The zero-order chi connectivity index (χ0) is 37.7. The lowest BCUT2D eigenvalue weighted by Gasteiger charge is -2.18. The van der Waals surface area contributed by atoms with Crippen molar-refractivity contribution in [3.8, 4) is 29.1 Å². The molecule has 0 saturated heterocycles. The van der Waals surface area contributed by atoms with E-state index < -0.39 is 23.9 Å². The molecule has 0 aliphatic carbocycles. The van der Waals surface area contributed by atoms with Gasteiger partial charge in [0.2, 0.25) is 0 Å². The maximum atomic E-state index is 12.7. The highest BCUT2D eigenvalue weighted by Gasteiger charge is 2.22. The first-order chi connectivity index (χ1) is 24.2. The lowest BCUT2D eigenvalue weighted by molar-refractivity contribution is -0.133. The molecule has 3 aromatic rings. The van der Waals surface area contributed by atoms with E-state index in [1.165, 1.54) is 32.4 Å². The second kappa shape index (κ2) is 18.2. The van der Waals surface area contributed by atoms with Crippen LogP contribution in [0.15, 0.2) is 116 Å². The van der Waals surface area contributed by atoms with Gasteiger partial charge in [-0.2, -0.15) is 0 Å². The van der Waals surface area contributed by atoms with E-state index in [2.05, 4.69) is 38.2 Å². The van der Waals surface area contributed by atoms with Crippen molar-refractivity contribution in [3.63, 3.8) is 0 Å². The van der Waals surface area contributed by atoms with Gasteiger partial charge < -0.3 is 23.7 Å². The van der Waals surface area contributed by atoms with Crippen molar-refractivity contribution in [2.45, 2.75) is 41.2 Å². The third-order valence-corrected chi connectivity index (χ3v) is 6.76. The second-order valence-corrected chi connectivity index (χ2v) is 11.4. The minimum atomic E-state index is -0.666. The van der Waals surface area contributed by atoms with E-state index in [0.717, 1.165) is 11.1 Å². The van der Waals surface area contributed by atoms with Gasteiger partial charge in [0.05, 0.1) is 18.1 Å². The highest BCUT2D eigenvalue weighted by molar-refractivity contribution is 5.91. The fourth-order valence-corrected chi connectivity index (χ4v) is 3.86. The molecule has 0 aliphatic heterocycles. The van der Waals surface area contributed by atoms with Crippen molar-refractivity contribution in [1.82, 2.24) is 0 Å². The molecule has 0 fully saturated rings. The predicted octanol–water partition coefficient (Wildman–Crippen LogP) is 8.12. The van der Waals surface area contributed by atoms with Crippen LogP contribution in [0.4, 0.5) is 0 Å². The molecule has 9 heteroatoms. The minimum absolute atomic E-state index is 0.0720. The van der Waals surface area contributed by atoms with Crippen LogP contribution in [0.3, 0.4) is 0 Å². The summed E-state index contributed by atoms with van der Waals surface area (Å²) in [7, 11) is 0. The van der Waals surface area contributed by atoms with Gasteiger partial charge in [-0.3, -0.25) is 0 Å². The van der Waals surface area contributed by atoms with E-state index >= 15 is 0 Å². The summed E-state index contributed by atoms with van der Waals surface area (Å²) in [6.45, 7) is 22.2. The maximum absolute atomic E-state index is 12.7. The maximum Gasteiger partial charge on any atom is 0.338 e. The number of hydrogen-bond acceptors (Lipinski definition) is 9. The summed E-state index contributed by atoms with van der Waals surface area (Å²) < 4.78 is 27.4. The van der Waals surface area contributed by atoms with Crippen molar-refractivity contribution < 1.29 is 42.9 Å². The van der Waals surface area contributed by atoms with Crippen molar-refractivity contribution in [3.05, 3.63) is 149 Å². The Bertz CT molecular complexity index is 2010. The molecule has 3 aromatic carbocycles. The highest BCUT2D eigenvalue weighted by Crippen LogP contribution is 2.35. The second-order valence-electron chi connectivity index (χ2n) is 11.4. The number of benzene rings is 3. The van der Waals surface area contributed by atoms with Gasteiger partial charge in [0, 0.05) is 45.0 Å². The molecule has 0 saturated carbocycles. The van der Waals surface area contributed by atoms with E-state index in [1.54, 1.807) is 81.5 Å². The summed E-state index contributed by atoms with van der Waals surface area (Å²) in [5.41, 5.74) is 4.20. The zero-order valence-electron chi connectivity index (χ0n) is 29.2. The largest absolute Gasteiger partial charge is 0.496 e. The van der Waals surface area contributed by atoms with Gasteiger partial charge in [-0.1, -0.05) is 62.4 Å². The summed E-state index contributed by atoms with van der Waals surface area (Å²) >= 11 is 0. The topological polar surface area (TPSA) is 114 Å². The summed E-state index contributed by atoms with van der Waals surface area (Å²) in [4.78, 5) is 48.7. The Labute approximate surface area is 297 Å². The Hall–Kier alpha value is -6.66. The van der Waals surface area contributed by atoms with Gasteiger partial charge in [-0.05, 0) is 82.2 Å². The molecular weight excluding hydrogens is 648 g/mol. The van der Waals surface area contributed by atoms with Crippen molar-refractivity contribution in [1.29, 1.82) is 0 Å². The van der Waals surface area contributed by atoms with Crippen LogP contribution in [0, 0.1) is 18.8 Å². The van der Waals surface area contributed by atoms with Gasteiger partial charge in [-0.15, -0.1) is 0 Å². The molecule has 0 amide bonds. The van der Waals surface area contributed by atoms with Gasteiger partial charge in [0.15, 0.2) is 0 Å². The smallest absolute Gasteiger partial charge is 0.338 e. The fraction of sp³-hybridized carbons (Fsp3) is 0.143. The summed E-state index contributed by atoms with van der Waals surface area (Å²) in [6, 6.07) is 15.3. The summed E-state index contributed by atoms with van der Waals surface area (Å²) in [5.74, 6) is 4.35. The molecule has 0 bridgehead atoms. The van der Waals surface area contributed by atoms with Crippen molar-refractivity contribution >= 4 is 36.0 Å². The van der Waals surface area contributed by atoms with Crippen LogP contribution in [0.1, 0.15) is 61.1 Å². The Balaban J connectivity index is 1.95. The molecule has 9 nitrogen and oxygen atoms in total. The van der Waals surface area contributed by atoms with E-state index in [1.807, 2.05) is 0 Å². The SMILES string of the molecule is C=C(C)C(=O)O/C=C/c1ccc(C#Cc2cc(OC(=O)C(=C)C)c(CO/C=C/c3ccc(OC(=O)C(=C)C)cc3)c(C)c2OC(=O)C(=C)C)cc1. The first-order valence-electron chi connectivity index (χ1n) is 15.5. The van der Waals surface area contributed by atoms with E-state index in [4.69, 9.17) is 23.7 Å². The molecular formula is C42H38O9. The molecule has 0 aromatic heterocycles. The van der Waals surface area contributed by atoms with Crippen LogP contribution in [0.5, 0.6) is 17.2 Å². The normalized spacial score (nSPS) is 10.5. The van der Waals surface area contributed by atoms with Crippen LogP contribution >= 0.6 is 0 Å². The Kier molecular flexibility index (Phi) is 13.8. The van der Waals surface area contributed by atoms with E-state index in [-0.39, 0.29) is 46.0 Å². The molecule has 0 spiro atoms. The standard InChI is InChI=1S/C42H38O9/c1-26(2)39(43)48-23-21-32-12-10-31(11-13-32)14-17-34-24-37(50-41(45)28(5)6)36(30(9)38(34)51-42(46)29(7)8)25-47-22-20-33-15-18-35(19-16-33)49-40(44)27(3)4/h10-13,15-16,18-24H,1,3,5,7,25H2,2,4,6,8-9H3/b22-20+,23-21+. The average Bonchev–Trinajstić information content (AvgIpc) is 3.08.